The molecule has 0 aliphatic rings. The normalized spacial score (nSPS) is 11.6. The standard InChI is InChI=1S/C21H18Br3ClN6O4/c1-10(35-21(34)30(3)26-2)18(32)12-7-11(22)8-13(23)17(12)28-20(33)15-9-16(24)29-31(15)19-14(25)5-4-6-27-19/h4-10,26H,1-3H3,(H,28,33). The Kier molecular flexibility index (Phi) is 9.05. The Morgan fingerprint density at radius 2 is 1.91 bits per heavy atom. The van der Waals surface area contributed by atoms with E-state index in [0.717, 1.165) is 5.01 Å². The second-order valence-electron chi connectivity index (χ2n) is 7.01. The fourth-order valence-electron chi connectivity index (χ4n) is 2.88. The van der Waals surface area contributed by atoms with E-state index in [0.29, 0.717) is 18.6 Å². The maximum atomic E-state index is 13.3. The molecule has 0 fully saturated rings. The predicted octanol–water partition coefficient (Wildman–Crippen LogP) is 5.23. The number of carbonyl (C=O) groups excluding carboxylic acids is 3. The number of aromatic nitrogens is 3. The number of ketones is 1. The molecule has 14 heteroatoms. The molecule has 2 amide bonds. The smallest absolute Gasteiger partial charge is 0.424 e. The van der Waals surface area contributed by atoms with Gasteiger partial charge >= 0.3 is 6.09 Å². The summed E-state index contributed by atoms with van der Waals surface area (Å²) in [5.41, 5.74) is 3.01. The van der Waals surface area contributed by atoms with Crippen LogP contribution in [0.2, 0.25) is 5.02 Å². The summed E-state index contributed by atoms with van der Waals surface area (Å²) in [6, 6.07) is 7.96. The van der Waals surface area contributed by atoms with Gasteiger partial charge in [-0.3, -0.25) is 9.59 Å². The Labute approximate surface area is 230 Å². The third-order valence-corrected chi connectivity index (χ3v) is 6.43. The van der Waals surface area contributed by atoms with E-state index in [1.54, 1.807) is 18.2 Å². The van der Waals surface area contributed by atoms with Gasteiger partial charge in [0.05, 0.1) is 10.7 Å². The van der Waals surface area contributed by atoms with Gasteiger partial charge in [0.25, 0.3) is 5.91 Å². The number of amides is 2. The fraction of sp³-hybridized carbons (Fsp3) is 0.190. The summed E-state index contributed by atoms with van der Waals surface area (Å²) in [6.45, 7) is 1.44. The molecule has 1 atom stereocenters. The summed E-state index contributed by atoms with van der Waals surface area (Å²) in [6.07, 6.45) is -0.356. The van der Waals surface area contributed by atoms with Crippen molar-refractivity contribution in [2.24, 2.45) is 0 Å². The van der Waals surface area contributed by atoms with Crippen molar-refractivity contribution in [2.45, 2.75) is 13.0 Å². The molecule has 10 nitrogen and oxygen atoms in total. The maximum absolute atomic E-state index is 13.3. The summed E-state index contributed by atoms with van der Waals surface area (Å²) < 4.78 is 7.89. The number of hydrazine groups is 1. The van der Waals surface area contributed by atoms with Crippen LogP contribution >= 0.6 is 59.4 Å². The lowest BCUT2D eigenvalue weighted by Gasteiger charge is -2.20. The van der Waals surface area contributed by atoms with E-state index in [1.165, 1.54) is 44.0 Å². The first-order valence-corrected chi connectivity index (χ1v) is 12.6. The van der Waals surface area contributed by atoms with E-state index in [1.807, 2.05) is 0 Å². The molecule has 3 aromatic rings. The first-order valence-electron chi connectivity index (χ1n) is 9.86. The Bertz CT molecular complexity index is 1300. The predicted molar refractivity (Wildman–Crippen MR) is 141 cm³/mol. The first kappa shape index (κ1) is 27.3. The number of hydrogen-bond donors (Lipinski definition) is 2. The van der Waals surface area contributed by atoms with Gasteiger partial charge < -0.3 is 10.1 Å². The lowest BCUT2D eigenvalue weighted by molar-refractivity contribution is 0.0519. The topological polar surface area (TPSA) is 118 Å². The number of nitrogens with zero attached hydrogens (tertiary/aromatic N) is 4. The van der Waals surface area contributed by atoms with Crippen molar-refractivity contribution in [1.82, 2.24) is 25.2 Å². The average molecular weight is 694 g/mol. The van der Waals surface area contributed by atoms with Gasteiger partial charge in [0.2, 0.25) is 5.78 Å². The molecule has 0 saturated heterocycles. The summed E-state index contributed by atoms with van der Waals surface area (Å²) in [7, 11) is 2.99. The number of benzene rings is 1. The highest BCUT2D eigenvalue weighted by Gasteiger charge is 2.27. The molecule has 3 rings (SSSR count). The number of nitrogens with one attached hydrogen (secondary N) is 2. The Morgan fingerprint density at radius 1 is 1.20 bits per heavy atom. The minimum atomic E-state index is -1.14. The molecule has 2 N–H and O–H groups in total. The molecule has 35 heavy (non-hydrogen) atoms. The largest absolute Gasteiger partial charge is 0.437 e. The summed E-state index contributed by atoms with van der Waals surface area (Å²) in [5, 5.41) is 8.38. The van der Waals surface area contributed by atoms with E-state index < -0.39 is 23.9 Å². The second-order valence-corrected chi connectivity index (χ2v) is 10.00. The molecule has 0 saturated carbocycles. The monoisotopic (exact) mass is 690 g/mol. The molecule has 0 aliphatic carbocycles. The van der Waals surface area contributed by atoms with Gasteiger partial charge in [-0.15, -0.1) is 0 Å². The number of hydrogen-bond acceptors (Lipinski definition) is 7. The summed E-state index contributed by atoms with van der Waals surface area (Å²) >= 11 is 16.3. The summed E-state index contributed by atoms with van der Waals surface area (Å²) in [5.74, 6) is -0.852. The lowest BCUT2D eigenvalue weighted by Crippen LogP contribution is -2.40. The number of rotatable bonds is 7. The first-order chi connectivity index (χ1) is 16.5. The quantitative estimate of drug-likeness (QED) is 0.257. The van der Waals surface area contributed by atoms with Crippen LogP contribution in [0.5, 0.6) is 0 Å². The highest BCUT2D eigenvalue weighted by atomic mass is 79.9. The van der Waals surface area contributed by atoms with Gasteiger partial charge in [-0.25, -0.2) is 24.9 Å². The summed E-state index contributed by atoms with van der Waals surface area (Å²) in [4.78, 5) is 42.8. The molecule has 0 aliphatic heterocycles. The molecule has 1 aromatic carbocycles. The Balaban J connectivity index is 1.96. The van der Waals surface area contributed by atoms with Crippen molar-refractivity contribution in [3.8, 4) is 5.82 Å². The van der Waals surface area contributed by atoms with Crippen LogP contribution in [0.3, 0.4) is 0 Å². The van der Waals surface area contributed by atoms with E-state index >= 15 is 0 Å². The van der Waals surface area contributed by atoms with Crippen LogP contribution in [0, 0.1) is 0 Å². The minimum absolute atomic E-state index is 0.112. The van der Waals surface area contributed by atoms with Gasteiger partial charge in [-0.1, -0.05) is 27.5 Å². The molecule has 2 heterocycles. The van der Waals surface area contributed by atoms with Crippen LogP contribution in [0.15, 0.2) is 50.1 Å². The van der Waals surface area contributed by atoms with Gasteiger partial charge in [0.1, 0.15) is 10.3 Å². The molecule has 0 radical (unpaired) electrons. The molecular weight excluding hydrogens is 675 g/mol. The lowest BCUT2D eigenvalue weighted by atomic mass is 10.0. The van der Waals surface area contributed by atoms with Crippen molar-refractivity contribution in [3.05, 3.63) is 66.4 Å². The van der Waals surface area contributed by atoms with Crippen LogP contribution in [0.4, 0.5) is 10.5 Å². The van der Waals surface area contributed by atoms with E-state index in [2.05, 4.69) is 68.6 Å². The Morgan fingerprint density at radius 3 is 2.57 bits per heavy atom. The fourth-order valence-corrected chi connectivity index (χ4v) is 4.78. The third-order valence-electron chi connectivity index (χ3n) is 4.67. The number of halogens is 4. The molecule has 0 bridgehead atoms. The minimum Gasteiger partial charge on any atom is -0.437 e. The zero-order valence-electron chi connectivity index (χ0n) is 18.5. The van der Waals surface area contributed by atoms with Gasteiger partial charge in [0, 0.05) is 40.9 Å². The number of ether oxygens (including phenoxy) is 1. The van der Waals surface area contributed by atoms with E-state index in [9.17, 15) is 14.4 Å². The maximum Gasteiger partial charge on any atom is 0.424 e. The van der Waals surface area contributed by atoms with Crippen LogP contribution in [0.25, 0.3) is 5.82 Å². The highest BCUT2D eigenvalue weighted by Crippen LogP contribution is 2.33. The van der Waals surface area contributed by atoms with Crippen molar-refractivity contribution in [3.63, 3.8) is 0 Å². The second kappa shape index (κ2) is 11.6. The van der Waals surface area contributed by atoms with E-state index in [4.69, 9.17) is 16.3 Å². The molecule has 0 spiro atoms. The average Bonchev–Trinajstić information content (AvgIpc) is 3.21. The zero-order chi connectivity index (χ0) is 25.9. The van der Waals surface area contributed by atoms with Crippen LogP contribution in [-0.2, 0) is 4.74 Å². The molecule has 1 unspecified atom stereocenters. The third kappa shape index (κ3) is 6.28. The van der Waals surface area contributed by atoms with E-state index in [-0.39, 0.29) is 22.8 Å². The Hall–Kier alpha value is -2.32. The molecular formula is C21H18Br3ClN6O4. The van der Waals surface area contributed by atoms with Gasteiger partial charge in [0.15, 0.2) is 11.9 Å². The van der Waals surface area contributed by atoms with Gasteiger partial charge in [-0.2, -0.15) is 5.10 Å². The molecule has 2 aromatic heterocycles. The van der Waals surface area contributed by atoms with Crippen molar-refractivity contribution in [1.29, 1.82) is 0 Å². The number of pyridine rings is 1. The zero-order valence-corrected chi connectivity index (χ0v) is 24.0. The number of anilines is 1. The highest BCUT2D eigenvalue weighted by molar-refractivity contribution is 9.11. The van der Waals surface area contributed by atoms with Crippen LogP contribution < -0.4 is 10.7 Å². The van der Waals surface area contributed by atoms with Crippen LogP contribution in [0.1, 0.15) is 27.8 Å². The SMILES string of the molecule is CNN(C)C(=O)OC(C)C(=O)c1cc(Br)cc(Br)c1NC(=O)c1cc(Br)nn1-c1ncccc1Cl. The molecule has 184 valence electrons. The number of Topliss-reactive ketones (excluding diaryl/α,β-unsaturated/α-hetero) is 1. The number of carbonyl (C=O) groups is 3. The van der Waals surface area contributed by atoms with Crippen molar-refractivity contribution in [2.75, 3.05) is 19.4 Å². The van der Waals surface area contributed by atoms with Crippen molar-refractivity contribution >= 4 is 82.9 Å². The van der Waals surface area contributed by atoms with Gasteiger partial charge in [-0.05, 0) is 63.0 Å². The van der Waals surface area contributed by atoms with Crippen LogP contribution in [-0.4, -0.2) is 57.8 Å². The van der Waals surface area contributed by atoms with Crippen molar-refractivity contribution < 1.29 is 19.1 Å².